The van der Waals surface area contributed by atoms with Gasteiger partial charge >= 0.3 is 5.97 Å². The second-order valence-corrected chi connectivity index (χ2v) is 3.57. The smallest absolute Gasteiger partial charge is 0.332 e. The molecular formula is C9H16O3. The van der Waals surface area contributed by atoms with Crippen LogP contribution in [0.5, 0.6) is 0 Å². The molecule has 0 saturated heterocycles. The first kappa shape index (κ1) is 11.2. The van der Waals surface area contributed by atoms with Crippen LogP contribution in [0, 0.1) is 5.41 Å². The molecule has 70 valence electrons. The number of carbonyl (C=O) groups is 1. The minimum Gasteiger partial charge on any atom is -0.432 e. The summed E-state index contributed by atoms with van der Waals surface area (Å²) in [6.07, 6.45) is 0.598. The molecule has 0 spiro atoms. The largest absolute Gasteiger partial charge is 0.432 e. The van der Waals surface area contributed by atoms with Gasteiger partial charge in [-0.05, 0) is 0 Å². The lowest BCUT2D eigenvalue weighted by atomic mass is 9.96. The minimum absolute atomic E-state index is 0.215. The van der Waals surface area contributed by atoms with Crippen molar-refractivity contribution in [2.24, 2.45) is 5.41 Å². The summed E-state index contributed by atoms with van der Waals surface area (Å²) in [5.74, 6) is -0.461. The second kappa shape index (κ2) is 4.26. The van der Waals surface area contributed by atoms with Crippen molar-refractivity contribution in [3.05, 3.63) is 12.7 Å². The summed E-state index contributed by atoms with van der Waals surface area (Å²) in [5.41, 5.74) is -0.215. The summed E-state index contributed by atoms with van der Waals surface area (Å²) in [4.78, 5) is 10.8. The van der Waals surface area contributed by atoms with E-state index in [1.165, 1.54) is 7.11 Å². The minimum atomic E-state index is -0.525. The van der Waals surface area contributed by atoms with Crippen LogP contribution < -0.4 is 0 Å². The Labute approximate surface area is 73.4 Å². The Hall–Kier alpha value is -0.830. The lowest BCUT2D eigenvalue weighted by Crippen LogP contribution is -2.32. The third-order valence-electron chi connectivity index (χ3n) is 1.31. The van der Waals surface area contributed by atoms with Gasteiger partial charge in [-0.1, -0.05) is 27.4 Å². The summed E-state index contributed by atoms with van der Waals surface area (Å²) < 4.78 is 9.93. The summed E-state index contributed by atoms with van der Waals surface area (Å²) in [6.45, 7) is 9.08. The molecule has 0 aromatic carbocycles. The highest BCUT2D eigenvalue weighted by molar-refractivity contribution is 5.81. The monoisotopic (exact) mass is 172 g/mol. The fourth-order valence-electron chi connectivity index (χ4n) is 0.732. The first-order valence-corrected chi connectivity index (χ1v) is 3.77. The SMILES string of the molecule is C=CC(=O)OC(OC)C(C)(C)C. The topological polar surface area (TPSA) is 35.5 Å². The molecule has 0 aliphatic heterocycles. The summed E-state index contributed by atoms with van der Waals surface area (Å²) in [5, 5.41) is 0. The number of esters is 1. The van der Waals surface area contributed by atoms with Gasteiger partial charge in [0, 0.05) is 18.6 Å². The molecule has 1 atom stereocenters. The Bertz CT molecular complexity index is 167. The van der Waals surface area contributed by atoms with Crippen molar-refractivity contribution in [3.8, 4) is 0 Å². The van der Waals surface area contributed by atoms with Crippen molar-refractivity contribution in [1.29, 1.82) is 0 Å². The van der Waals surface area contributed by atoms with Crippen LogP contribution in [0.25, 0.3) is 0 Å². The van der Waals surface area contributed by atoms with E-state index in [9.17, 15) is 4.79 Å². The number of hydrogen-bond acceptors (Lipinski definition) is 3. The van der Waals surface area contributed by atoms with Crippen LogP contribution >= 0.6 is 0 Å². The fraction of sp³-hybridized carbons (Fsp3) is 0.667. The Kier molecular flexibility index (Phi) is 3.96. The molecule has 0 aliphatic carbocycles. The Balaban J connectivity index is 4.18. The molecule has 0 aliphatic rings. The normalized spacial score (nSPS) is 13.7. The quantitative estimate of drug-likeness (QED) is 0.369. The zero-order valence-corrected chi connectivity index (χ0v) is 8.09. The molecule has 1 unspecified atom stereocenters. The van der Waals surface area contributed by atoms with E-state index in [1.807, 2.05) is 20.8 Å². The van der Waals surface area contributed by atoms with Crippen LogP contribution in [0.15, 0.2) is 12.7 Å². The Morgan fingerprint density at radius 1 is 1.50 bits per heavy atom. The third kappa shape index (κ3) is 3.53. The fourth-order valence-corrected chi connectivity index (χ4v) is 0.732. The molecule has 0 N–H and O–H groups in total. The predicted molar refractivity (Wildman–Crippen MR) is 46.5 cm³/mol. The van der Waals surface area contributed by atoms with Gasteiger partial charge in [0.2, 0.25) is 6.29 Å². The van der Waals surface area contributed by atoms with Crippen LogP contribution in [-0.4, -0.2) is 19.4 Å². The Morgan fingerprint density at radius 3 is 2.25 bits per heavy atom. The highest BCUT2D eigenvalue weighted by Gasteiger charge is 2.27. The molecule has 0 saturated carbocycles. The summed E-state index contributed by atoms with van der Waals surface area (Å²) in [7, 11) is 1.51. The van der Waals surface area contributed by atoms with E-state index in [4.69, 9.17) is 9.47 Å². The van der Waals surface area contributed by atoms with Crippen molar-refractivity contribution in [3.63, 3.8) is 0 Å². The van der Waals surface area contributed by atoms with E-state index >= 15 is 0 Å². The molecule has 0 rings (SSSR count). The maximum absolute atomic E-state index is 10.8. The highest BCUT2D eigenvalue weighted by atomic mass is 16.7. The van der Waals surface area contributed by atoms with Gasteiger partial charge < -0.3 is 9.47 Å². The van der Waals surface area contributed by atoms with E-state index in [-0.39, 0.29) is 5.41 Å². The first-order valence-electron chi connectivity index (χ1n) is 3.77. The zero-order valence-electron chi connectivity index (χ0n) is 8.09. The van der Waals surface area contributed by atoms with Gasteiger partial charge in [0.15, 0.2) is 0 Å². The van der Waals surface area contributed by atoms with Crippen LogP contribution in [0.1, 0.15) is 20.8 Å². The van der Waals surface area contributed by atoms with Crippen molar-refractivity contribution in [2.45, 2.75) is 27.1 Å². The van der Waals surface area contributed by atoms with E-state index in [1.54, 1.807) is 0 Å². The molecular weight excluding hydrogens is 156 g/mol. The standard InChI is InChI=1S/C9H16O3/c1-6-7(10)12-8(11-5)9(2,3)4/h6,8H,1H2,2-5H3. The summed E-state index contributed by atoms with van der Waals surface area (Å²) in [6, 6.07) is 0. The average molecular weight is 172 g/mol. The van der Waals surface area contributed by atoms with Gasteiger partial charge in [-0.3, -0.25) is 0 Å². The van der Waals surface area contributed by atoms with Crippen LogP contribution in [-0.2, 0) is 14.3 Å². The first-order chi connectivity index (χ1) is 5.41. The molecule has 12 heavy (non-hydrogen) atoms. The van der Waals surface area contributed by atoms with E-state index in [2.05, 4.69) is 6.58 Å². The van der Waals surface area contributed by atoms with Crippen molar-refractivity contribution in [2.75, 3.05) is 7.11 Å². The highest BCUT2D eigenvalue weighted by Crippen LogP contribution is 2.22. The van der Waals surface area contributed by atoms with Gasteiger partial charge in [0.05, 0.1) is 0 Å². The molecule has 0 fully saturated rings. The van der Waals surface area contributed by atoms with Gasteiger partial charge in [0.1, 0.15) is 0 Å². The number of carbonyl (C=O) groups excluding carboxylic acids is 1. The molecule has 3 nitrogen and oxygen atoms in total. The number of ether oxygens (including phenoxy) is 2. The number of hydrogen-bond donors (Lipinski definition) is 0. The Morgan fingerprint density at radius 2 is 2.00 bits per heavy atom. The lowest BCUT2D eigenvalue weighted by Gasteiger charge is -2.27. The van der Waals surface area contributed by atoms with Crippen molar-refractivity contribution in [1.82, 2.24) is 0 Å². The van der Waals surface area contributed by atoms with Gasteiger partial charge in [-0.25, -0.2) is 4.79 Å². The molecule has 0 amide bonds. The molecule has 0 heterocycles. The summed E-state index contributed by atoms with van der Waals surface area (Å²) >= 11 is 0. The van der Waals surface area contributed by atoms with Crippen LogP contribution in [0.3, 0.4) is 0 Å². The van der Waals surface area contributed by atoms with Crippen LogP contribution in [0.2, 0.25) is 0 Å². The van der Waals surface area contributed by atoms with Gasteiger partial charge in [-0.2, -0.15) is 0 Å². The number of methoxy groups -OCH3 is 1. The third-order valence-corrected chi connectivity index (χ3v) is 1.31. The maximum Gasteiger partial charge on any atom is 0.332 e. The lowest BCUT2D eigenvalue weighted by molar-refractivity contribution is -0.190. The van der Waals surface area contributed by atoms with Gasteiger partial charge in [-0.15, -0.1) is 0 Å². The van der Waals surface area contributed by atoms with E-state index < -0.39 is 12.3 Å². The molecule has 0 aromatic heterocycles. The second-order valence-electron chi connectivity index (χ2n) is 3.57. The van der Waals surface area contributed by atoms with E-state index in [0.717, 1.165) is 6.08 Å². The average Bonchev–Trinajstić information content (AvgIpc) is 1.97. The van der Waals surface area contributed by atoms with Gasteiger partial charge in [0.25, 0.3) is 0 Å². The van der Waals surface area contributed by atoms with Crippen molar-refractivity contribution >= 4 is 5.97 Å². The van der Waals surface area contributed by atoms with Crippen molar-refractivity contribution < 1.29 is 14.3 Å². The predicted octanol–water partition coefficient (Wildman–Crippen LogP) is 1.73. The molecule has 3 heteroatoms. The maximum atomic E-state index is 10.8. The van der Waals surface area contributed by atoms with Crippen LogP contribution in [0.4, 0.5) is 0 Å². The zero-order chi connectivity index (χ0) is 9.78. The molecule has 0 bridgehead atoms. The number of rotatable bonds is 3. The molecule has 0 radical (unpaired) electrons. The van der Waals surface area contributed by atoms with E-state index in [0.29, 0.717) is 0 Å². The molecule has 0 aromatic rings.